The molecule has 0 saturated heterocycles. The molecule has 0 N–H and O–H groups in total. The van der Waals surface area contributed by atoms with E-state index in [0.29, 0.717) is 23.4 Å². The highest BCUT2D eigenvalue weighted by atomic mass is 16.3. The number of aromatic nitrogens is 4. The first-order chi connectivity index (χ1) is 31.2. The number of nitrogens with zero attached hydrogens (tertiary/aromatic N) is 4. The zero-order chi connectivity index (χ0) is 41.7. The van der Waals surface area contributed by atoms with Gasteiger partial charge in [-0.05, 0) is 85.3 Å². The van der Waals surface area contributed by atoms with Crippen molar-refractivity contribution in [3.05, 3.63) is 218 Å². The average molecular weight is 805 g/mol. The zero-order valence-electron chi connectivity index (χ0n) is 34.0. The van der Waals surface area contributed by atoms with Crippen LogP contribution in [0.25, 0.3) is 122 Å². The standard InChI is InChI=1S/C58H36N4O/c1-3-12-37(13-4-1)39-22-27-41(28-23-39)55-60-56(42-29-24-40(25-30-42)46-31-26-38-14-7-8-17-44(38)34-46)62-57(61-55)48-19-11-18-45(35-48)47-32-33-50-49-20-9-10-21-51(49)54-53(52(50)36-47)59-58(63-54)43-15-5-2-6-16-43/h1-36H. The summed E-state index contributed by atoms with van der Waals surface area (Å²) in [5, 5.41) is 6.78. The van der Waals surface area contributed by atoms with Crippen LogP contribution in [-0.4, -0.2) is 19.9 Å². The third kappa shape index (κ3) is 6.69. The maximum atomic E-state index is 6.53. The first-order valence-electron chi connectivity index (χ1n) is 21.1. The van der Waals surface area contributed by atoms with E-state index in [2.05, 4.69) is 182 Å². The summed E-state index contributed by atoms with van der Waals surface area (Å²) in [6, 6.07) is 76.0. The van der Waals surface area contributed by atoms with Crippen LogP contribution in [-0.2, 0) is 0 Å². The predicted octanol–water partition coefficient (Wildman–Crippen LogP) is 15.1. The van der Waals surface area contributed by atoms with Crippen LogP contribution in [0.2, 0.25) is 0 Å². The Hall–Kier alpha value is -8.54. The summed E-state index contributed by atoms with van der Waals surface area (Å²) in [5.74, 6) is 2.42. The summed E-state index contributed by atoms with van der Waals surface area (Å²) in [4.78, 5) is 20.5. The van der Waals surface area contributed by atoms with Crippen molar-refractivity contribution in [2.45, 2.75) is 0 Å². The Balaban J connectivity index is 0.963. The number of benzene rings is 10. The fourth-order valence-electron chi connectivity index (χ4n) is 8.68. The molecule has 12 aromatic rings. The van der Waals surface area contributed by atoms with Crippen LogP contribution >= 0.6 is 0 Å². The predicted molar refractivity (Wildman–Crippen MR) is 258 cm³/mol. The van der Waals surface area contributed by atoms with Crippen molar-refractivity contribution in [1.82, 2.24) is 19.9 Å². The molecule has 0 saturated carbocycles. The molecule has 0 aliphatic rings. The second kappa shape index (κ2) is 15.2. The van der Waals surface area contributed by atoms with E-state index in [1.807, 2.05) is 36.4 Å². The molecule has 2 aromatic heterocycles. The van der Waals surface area contributed by atoms with Gasteiger partial charge in [-0.2, -0.15) is 0 Å². The summed E-state index contributed by atoms with van der Waals surface area (Å²) in [6.07, 6.45) is 0. The molecule has 0 bridgehead atoms. The van der Waals surface area contributed by atoms with Crippen molar-refractivity contribution in [2.24, 2.45) is 0 Å². The van der Waals surface area contributed by atoms with Crippen LogP contribution in [0.3, 0.4) is 0 Å². The lowest BCUT2D eigenvalue weighted by molar-refractivity contribution is 0.623. The highest BCUT2D eigenvalue weighted by Crippen LogP contribution is 2.40. The van der Waals surface area contributed by atoms with E-state index in [9.17, 15) is 0 Å². The quantitative estimate of drug-likeness (QED) is 0.150. The molecule has 0 amide bonds. The SMILES string of the molecule is c1ccc(-c2ccc(-c3nc(-c4ccc(-c5ccc6ccccc6c5)cc4)nc(-c4cccc(-c5ccc6c7ccccc7c7oc(-c8ccccc8)nc7c6c5)c4)n3)cc2)cc1. The molecule has 5 heteroatoms. The van der Waals surface area contributed by atoms with Gasteiger partial charge in [0.1, 0.15) is 5.52 Å². The Bertz CT molecular complexity index is 3660. The van der Waals surface area contributed by atoms with Crippen LogP contribution in [0.15, 0.2) is 223 Å². The van der Waals surface area contributed by atoms with Gasteiger partial charge >= 0.3 is 0 Å². The minimum Gasteiger partial charge on any atom is -0.435 e. The van der Waals surface area contributed by atoms with Crippen LogP contribution in [0.1, 0.15) is 0 Å². The summed E-state index contributed by atoms with van der Waals surface area (Å²) in [7, 11) is 0. The van der Waals surface area contributed by atoms with Crippen molar-refractivity contribution < 1.29 is 4.42 Å². The van der Waals surface area contributed by atoms with E-state index in [1.165, 1.54) is 10.8 Å². The summed E-state index contributed by atoms with van der Waals surface area (Å²) < 4.78 is 6.53. The smallest absolute Gasteiger partial charge is 0.227 e. The molecule has 5 nitrogen and oxygen atoms in total. The minimum absolute atomic E-state index is 0.598. The van der Waals surface area contributed by atoms with Gasteiger partial charge in [0.25, 0.3) is 0 Å². The molecule has 0 fully saturated rings. The lowest BCUT2D eigenvalue weighted by Gasteiger charge is -2.11. The molecule has 0 atom stereocenters. The molecule has 0 aliphatic heterocycles. The van der Waals surface area contributed by atoms with E-state index >= 15 is 0 Å². The normalized spacial score (nSPS) is 11.5. The van der Waals surface area contributed by atoms with Gasteiger partial charge in [-0.25, -0.2) is 19.9 Å². The van der Waals surface area contributed by atoms with Gasteiger partial charge in [-0.15, -0.1) is 0 Å². The van der Waals surface area contributed by atoms with Gasteiger partial charge in [0.15, 0.2) is 23.1 Å². The summed E-state index contributed by atoms with van der Waals surface area (Å²) >= 11 is 0. The van der Waals surface area contributed by atoms with E-state index in [0.717, 1.165) is 88.3 Å². The maximum Gasteiger partial charge on any atom is 0.227 e. The van der Waals surface area contributed by atoms with Gasteiger partial charge in [0.2, 0.25) is 5.89 Å². The van der Waals surface area contributed by atoms with Crippen molar-refractivity contribution in [2.75, 3.05) is 0 Å². The molecule has 63 heavy (non-hydrogen) atoms. The number of hydrogen-bond acceptors (Lipinski definition) is 5. The Kier molecular flexibility index (Phi) is 8.75. The maximum absolute atomic E-state index is 6.53. The van der Waals surface area contributed by atoms with Crippen molar-refractivity contribution in [3.8, 4) is 79.0 Å². The zero-order valence-corrected chi connectivity index (χ0v) is 34.0. The van der Waals surface area contributed by atoms with E-state index in [4.69, 9.17) is 24.4 Å². The first kappa shape index (κ1) is 36.3. The fraction of sp³-hybridized carbons (Fsp3) is 0. The first-order valence-corrected chi connectivity index (χ1v) is 21.1. The van der Waals surface area contributed by atoms with E-state index in [-0.39, 0.29) is 0 Å². The van der Waals surface area contributed by atoms with Crippen LogP contribution in [0.5, 0.6) is 0 Å². The van der Waals surface area contributed by atoms with Gasteiger partial charge in [-0.3, -0.25) is 0 Å². The number of hydrogen-bond donors (Lipinski definition) is 0. The molecule has 294 valence electrons. The molecule has 12 rings (SSSR count). The largest absolute Gasteiger partial charge is 0.435 e. The van der Waals surface area contributed by atoms with Crippen molar-refractivity contribution in [1.29, 1.82) is 0 Å². The van der Waals surface area contributed by atoms with Crippen LogP contribution in [0, 0.1) is 0 Å². The highest BCUT2D eigenvalue weighted by Gasteiger charge is 2.18. The molecular weight excluding hydrogens is 769 g/mol. The Morgan fingerprint density at radius 1 is 0.254 bits per heavy atom. The molecule has 2 heterocycles. The molecular formula is C58H36N4O. The lowest BCUT2D eigenvalue weighted by Crippen LogP contribution is -2.00. The monoisotopic (exact) mass is 804 g/mol. The summed E-state index contributed by atoms with van der Waals surface area (Å²) in [5.41, 5.74) is 12.0. The van der Waals surface area contributed by atoms with Gasteiger partial charge in [0.05, 0.1) is 0 Å². The topological polar surface area (TPSA) is 64.7 Å². The number of oxazole rings is 1. The van der Waals surface area contributed by atoms with Crippen molar-refractivity contribution in [3.63, 3.8) is 0 Å². The third-order valence-electron chi connectivity index (χ3n) is 12.0. The third-order valence-corrected chi connectivity index (χ3v) is 12.0. The Morgan fingerprint density at radius 3 is 1.43 bits per heavy atom. The fourth-order valence-corrected chi connectivity index (χ4v) is 8.68. The number of rotatable bonds is 7. The number of fused-ring (bicyclic) bond motifs is 7. The van der Waals surface area contributed by atoms with Crippen LogP contribution in [0.4, 0.5) is 0 Å². The molecule has 0 radical (unpaired) electrons. The van der Waals surface area contributed by atoms with E-state index < -0.39 is 0 Å². The second-order valence-electron chi connectivity index (χ2n) is 15.8. The Labute approximate surface area is 363 Å². The summed E-state index contributed by atoms with van der Waals surface area (Å²) in [6.45, 7) is 0. The van der Waals surface area contributed by atoms with E-state index in [1.54, 1.807) is 0 Å². The van der Waals surface area contributed by atoms with Gasteiger partial charge in [0, 0.05) is 33.0 Å². The average Bonchev–Trinajstić information content (AvgIpc) is 3.83. The van der Waals surface area contributed by atoms with Crippen molar-refractivity contribution >= 4 is 43.4 Å². The Morgan fingerprint density at radius 2 is 0.714 bits per heavy atom. The van der Waals surface area contributed by atoms with Gasteiger partial charge in [-0.1, -0.05) is 188 Å². The molecule has 0 aliphatic carbocycles. The van der Waals surface area contributed by atoms with Gasteiger partial charge < -0.3 is 4.42 Å². The lowest BCUT2D eigenvalue weighted by atomic mass is 9.95. The second-order valence-corrected chi connectivity index (χ2v) is 15.8. The minimum atomic E-state index is 0.598. The molecule has 0 unspecified atom stereocenters. The molecule has 0 spiro atoms. The highest BCUT2D eigenvalue weighted by molar-refractivity contribution is 6.23. The van der Waals surface area contributed by atoms with Crippen LogP contribution < -0.4 is 0 Å². The molecule has 10 aromatic carbocycles.